The monoisotopic (exact) mass is 383 g/mol. The molecule has 0 aliphatic carbocycles. The highest BCUT2D eigenvalue weighted by molar-refractivity contribution is 8.26. The molecule has 1 heterocycles. The van der Waals surface area contributed by atoms with Crippen LogP contribution in [0.15, 0.2) is 29.2 Å². The van der Waals surface area contributed by atoms with E-state index >= 15 is 0 Å². The van der Waals surface area contributed by atoms with Gasteiger partial charge < -0.3 is 4.74 Å². The van der Waals surface area contributed by atoms with E-state index in [1.54, 1.807) is 12.1 Å². The van der Waals surface area contributed by atoms with Crippen molar-refractivity contribution in [2.75, 3.05) is 13.2 Å². The van der Waals surface area contributed by atoms with Crippen LogP contribution in [0.25, 0.3) is 6.08 Å². The Labute approximate surface area is 156 Å². The van der Waals surface area contributed by atoms with Crippen molar-refractivity contribution < 1.29 is 14.3 Å². The van der Waals surface area contributed by atoms with Crippen molar-refractivity contribution in [1.82, 2.24) is 4.90 Å². The van der Waals surface area contributed by atoms with Crippen molar-refractivity contribution in [2.24, 2.45) is 0 Å². The van der Waals surface area contributed by atoms with Gasteiger partial charge >= 0.3 is 5.97 Å². The summed E-state index contributed by atoms with van der Waals surface area (Å²) in [6.45, 7) is 2.78. The summed E-state index contributed by atoms with van der Waals surface area (Å²) >= 11 is 12.6. The second-order valence-corrected chi connectivity index (χ2v) is 7.26. The number of carbonyl (C=O) groups is 2. The number of nitrogens with zero attached hydrogens (tertiary/aromatic N) is 1. The van der Waals surface area contributed by atoms with E-state index in [0.717, 1.165) is 12.0 Å². The lowest BCUT2D eigenvalue weighted by Crippen LogP contribution is -2.29. The molecule has 0 N–H and O–H groups in total. The SMILES string of the molecule is CCCOC(=O)CCCN1C(=O)/C(=C\c2ccccc2Cl)SC1=S. The van der Waals surface area contributed by atoms with Crippen molar-refractivity contribution in [3.05, 3.63) is 39.8 Å². The number of thioether (sulfide) groups is 1. The number of amides is 1. The van der Waals surface area contributed by atoms with Crippen LogP contribution in [0.1, 0.15) is 31.7 Å². The Kier molecular flexibility index (Phi) is 7.27. The highest BCUT2D eigenvalue weighted by Gasteiger charge is 2.31. The maximum Gasteiger partial charge on any atom is 0.305 e. The van der Waals surface area contributed by atoms with E-state index in [-0.39, 0.29) is 18.3 Å². The molecular formula is C17H18ClNO3S2. The first-order valence-electron chi connectivity index (χ1n) is 7.68. The molecule has 2 rings (SSSR count). The van der Waals surface area contributed by atoms with Gasteiger partial charge in [-0.05, 0) is 30.5 Å². The third-order valence-electron chi connectivity index (χ3n) is 3.30. The summed E-state index contributed by atoms with van der Waals surface area (Å²) in [5.74, 6) is -0.388. The van der Waals surface area contributed by atoms with Gasteiger partial charge in [0.1, 0.15) is 4.32 Å². The molecule has 128 valence electrons. The average molecular weight is 384 g/mol. The first-order valence-corrected chi connectivity index (χ1v) is 9.28. The summed E-state index contributed by atoms with van der Waals surface area (Å²) in [5, 5.41) is 0.585. The van der Waals surface area contributed by atoms with Gasteiger partial charge in [0.25, 0.3) is 5.91 Å². The molecule has 7 heteroatoms. The first-order chi connectivity index (χ1) is 11.5. The number of benzene rings is 1. The largest absolute Gasteiger partial charge is 0.466 e. The Bertz CT molecular complexity index is 676. The number of halogens is 1. The predicted octanol–water partition coefficient (Wildman–Crippen LogP) is 4.27. The zero-order valence-electron chi connectivity index (χ0n) is 13.3. The van der Waals surface area contributed by atoms with E-state index in [9.17, 15) is 9.59 Å². The standard InChI is InChI=1S/C17H18ClNO3S2/c1-2-10-22-15(20)8-5-9-19-16(21)14(24-17(19)23)11-12-6-3-4-7-13(12)18/h3-4,6-7,11H,2,5,8-10H2,1H3/b14-11+. The smallest absolute Gasteiger partial charge is 0.305 e. The van der Waals surface area contributed by atoms with Crippen LogP contribution in [-0.4, -0.2) is 34.2 Å². The Morgan fingerprint density at radius 1 is 1.42 bits per heavy atom. The molecule has 1 aromatic rings. The highest BCUT2D eigenvalue weighted by atomic mass is 35.5. The second kappa shape index (κ2) is 9.20. The number of ether oxygens (including phenoxy) is 1. The summed E-state index contributed by atoms with van der Waals surface area (Å²) < 4.78 is 5.52. The summed E-state index contributed by atoms with van der Waals surface area (Å²) in [6.07, 6.45) is 3.35. The number of hydrogen-bond acceptors (Lipinski definition) is 5. The van der Waals surface area contributed by atoms with Crippen LogP contribution >= 0.6 is 35.6 Å². The lowest BCUT2D eigenvalue weighted by atomic mass is 10.2. The fourth-order valence-corrected chi connectivity index (χ4v) is 3.59. The lowest BCUT2D eigenvalue weighted by Gasteiger charge is -2.13. The van der Waals surface area contributed by atoms with Crippen molar-refractivity contribution >= 4 is 57.9 Å². The van der Waals surface area contributed by atoms with E-state index in [2.05, 4.69) is 0 Å². The molecule has 4 nitrogen and oxygen atoms in total. The van der Waals surface area contributed by atoms with E-state index in [0.29, 0.717) is 33.8 Å². The fourth-order valence-electron chi connectivity index (χ4n) is 2.10. The molecule has 0 radical (unpaired) electrons. The topological polar surface area (TPSA) is 46.6 Å². The molecule has 1 aliphatic rings. The fraction of sp³-hybridized carbons (Fsp3) is 0.353. The number of esters is 1. The van der Waals surface area contributed by atoms with Crippen LogP contribution < -0.4 is 0 Å². The van der Waals surface area contributed by atoms with Crippen molar-refractivity contribution in [2.45, 2.75) is 26.2 Å². The van der Waals surface area contributed by atoms with Gasteiger partial charge in [-0.3, -0.25) is 14.5 Å². The first kappa shape index (κ1) is 19.0. The molecule has 0 unspecified atom stereocenters. The summed E-state index contributed by atoms with van der Waals surface area (Å²) in [6, 6.07) is 7.32. The number of hydrogen-bond donors (Lipinski definition) is 0. The molecule has 0 saturated carbocycles. The molecule has 1 amide bonds. The molecule has 1 fully saturated rings. The van der Waals surface area contributed by atoms with Gasteiger partial charge in [-0.25, -0.2) is 0 Å². The Morgan fingerprint density at radius 2 is 2.17 bits per heavy atom. The van der Waals surface area contributed by atoms with E-state index in [1.807, 2.05) is 25.1 Å². The van der Waals surface area contributed by atoms with Crippen LogP contribution in [0, 0.1) is 0 Å². The molecule has 1 aromatic carbocycles. The van der Waals surface area contributed by atoms with Gasteiger partial charge in [-0.2, -0.15) is 0 Å². The van der Waals surface area contributed by atoms with Crippen molar-refractivity contribution in [3.8, 4) is 0 Å². The van der Waals surface area contributed by atoms with Gasteiger partial charge in [0.05, 0.1) is 11.5 Å². The lowest BCUT2D eigenvalue weighted by molar-refractivity contribution is -0.144. The highest BCUT2D eigenvalue weighted by Crippen LogP contribution is 2.33. The van der Waals surface area contributed by atoms with Gasteiger partial charge in [-0.1, -0.05) is 60.7 Å². The summed E-state index contributed by atoms with van der Waals surface area (Å²) in [5.41, 5.74) is 0.780. The average Bonchev–Trinajstić information content (AvgIpc) is 2.82. The Hall–Kier alpha value is -1.37. The molecule has 0 aromatic heterocycles. The minimum absolute atomic E-state index is 0.146. The van der Waals surface area contributed by atoms with Gasteiger partial charge in [0, 0.05) is 18.0 Å². The molecule has 1 aliphatic heterocycles. The summed E-state index contributed by atoms with van der Waals surface area (Å²) in [7, 11) is 0. The molecular weight excluding hydrogens is 366 g/mol. The van der Waals surface area contributed by atoms with Crippen LogP contribution in [0.5, 0.6) is 0 Å². The second-order valence-electron chi connectivity index (χ2n) is 5.18. The third-order valence-corrected chi connectivity index (χ3v) is 5.02. The van der Waals surface area contributed by atoms with E-state index < -0.39 is 0 Å². The predicted molar refractivity (Wildman–Crippen MR) is 102 cm³/mol. The molecule has 1 saturated heterocycles. The minimum Gasteiger partial charge on any atom is -0.466 e. The maximum atomic E-state index is 12.5. The molecule has 0 atom stereocenters. The number of carbonyl (C=O) groups excluding carboxylic acids is 2. The summed E-state index contributed by atoms with van der Waals surface area (Å²) in [4.78, 5) is 26.0. The van der Waals surface area contributed by atoms with E-state index in [4.69, 9.17) is 28.6 Å². The maximum absolute atomic E-state index is 12.5. The van der Waals surface area contributed by atoms with Crippen molar-refractivity contribution in [1.29, 1.82) is 0 Å². The van der Waals surface area contributed by atoms with Crippen LogP contribution in [0.2, 0.25) is 5.02 Å². The number of rotatable bonds is 7. The Balaban J connectivity index is 1.94. The zero-order valence-corrected chi connectivity index (χ0v) is 15.7. The van der Waals surface area contributed by atoms with Gasteiger partial charge in [0.2, 0.25) is 0 Å². The van der Waals surface area contributed by atoms with E-state index in [1.165, 1.54) is 16.7 Å². The molecule has 0 spiro atoms. The molecule has 24 heavy (non-hydrogen) atoms. The minimum atomic E-state index is -0.242. The quantitative estimate of drug-likeness (QED) is 0.399. The normalized spacial score (nSPS) is 16.1. The van der Waals surface area contributed by atoms with Crippen LogP contribution in [-0.2, 0) is 14.3 Å². The van der Waals surface area contributed by atoms with Crippen molar-refractivity contribution in [3.63, 3.8) is 0 Å². The number of thiocarbonyl (C=S) groups is 1. The Morgan fingerprint density at radius 3 is 2.88 bits per heavy atom. The van der Waals surface area contributed by atoms with Gasteiger partial charge in [-0.15, -0.1) is 0 Å². The van der Waals surface area contributed by atoms with Crippen LogP contribution in [0.3, 0.4) is 0 Å². The molecule has 0 bridgehead atoms. The van der Waals surface area contributed by atoms with Crippen LogP contribution in [0.4, 0.5) is 0 Å². The zero-order chi connectivity index (χ0) is 17.5. The van der Waals surface area contributed by atoms with Gasteiger partial charge in [0.15, 0.2) is 0 Å². The third kappa shape index (κ3) is 5.06.